The monoisotopic (exact) mass is 411 g/mol. The Labute approximate surface area is 178 Å². The number of carbonyl (C=O) groups is 2. The average Bonchev–Trinajstić information content (AvgIpc) is 2.74. The van der Waals surface area contributed by atoms with Crippen molar-refractivity contribution >= 4 is 29.1 Å². The van der Waals surface area contributed by atoms with Gasteiger partial charge in [0.15, 0.2) is 5.11 Å². The molecule has 154 valence electrons. The van der Waals surface area contributed by atoms with Crippen molar-refractivity contribution in [3.8, 4) is 0 Å². The van der Waals surface area contributed by atoms with Crippen LogP contribution in [0, 0.1) is 0 Å². The molecule has 0 aliphatic carbocycles. The van der Waals surface area contributed by atoms with Gasteiger partial charge in [0, 0.05) is 6.42 Å². The van der Waals surface area contributed by atoms with Crippen molar-refractivity contribution in [2.75, 3.05) is 0 Å². The number of hydrazine groups is 1. The van der Waals surface area contributed by atoms with E-state index in [1.165, 1.54) is 12.8 Å². The highest BCUT2D eigenvalue weighted by atomic mass is 32.1. The van der Waals surface area contributed by atoms with E-state index in [1.807, 2.05) is 60.7 Å². The Morgan fingerprint density at radius 1 is 0.828 bits per heavy atom. The van der Waals surface area contributed by atoms with Crippen LogP contribution < -0.4 is 16.2 Å². The minimum Gasteiger partial charge on any atom is -0.302 e. The summed E-state index contributed by atoms with van der Waals surface area (Å²) in [4.78, 5) is 24.8. The van der Waals surface area contributed by atoms with E-state index < -0.39 is 5.92 Å². The topological polar surface area (TPSA) is 70.2 Å². The highest BCUT2D eigenvalue weighted by Gasteiger charge is 2.22. The van der Waals surface area contributed by atoms with Crippen LogP contribution >= 0.6 is 12.2 Å². The summed E-state index contributed by atoms with van der Waals surface area (Å²) >= 11 is 5.13. The molecule has 0 atom stereocenters. The van der Waals surface area contributed by atoms with Gasteiger partial charge in [-0.1, -0.05) is 93.3 Å². The predicted molar refractivity (Wildman–Crippen MR) is 120 cm³/mol. The molecule has 0 aromatic heterocycles. The van der Waals surface area contributed by atoms with Gasteiger partial charge >= 0.3 is 0 Å². The Hall–Kier alpha value is -2.73. The molecule has 0 heterocycles. The maximum absolute atomic E-state index is 12.9. The summed E-state index contributed by atoms with van der Waals surface area (Å²) in [6, 6.07) is 19.1. The lowest BCUT2D eigenvalue weighted by Gasteiger charge is -2.19. The van der Waals surface area contributed by atoms with Crippen LogP contribution in [0.15, 0.2) is 60.7 Å². The first kappa shape index (κ1) is 22.6. The third kappa shape index (κ3) is 8.03. The molecule has 3 N–H and O–H groups in total. The van der Waals surface area contributed by atoms with Gasteiger partial charge in [-0.2, -0.15) is 0 Å². The van der Waals surface area contributed by atoms with Gasteiger partial charge in [-0.25, -0.2) is 0 Å². The zero-order valence-corrected chi connectivity index (χ0v) is 17.6. The molecule has 29 heavy (non-hydrogen) atoms. The van der Waals surface area contributed by atoms with Crippen molar-refractivity contribution in [3.05, 3.63) is 71.8 Å². The number of carbonyl (C=O) groups excluding carboxylic acids is 2. The quantitative estimate of drug-likeness (QED) is 0.329. The minimum atomic E-state index is -0.484. The first-order chi connectivity index (χ1) is 14.1. The van der Waals surface area contributed by atoms with Gasteiger partial charge in [0.2, 0.25) is 11.8 Å². The third-order valence-corrected chi connectivity index (χ3v) is 4.79. The molecule has 0 unspecified atom stereocenters. The molecule has 0 bridgehead atoms. The molecule has 0 aliphatic rings. The summed E-state index contributed by atoms with van der Waals surface area (Å²) in [6.45, 7) is 2.16. The van der Waals surface area contributed by atoms with Crippen LogP contribution in [0.1, 0.15) is 62.5 Å². The maximum Gasteiger partial charge on any atom is 0.250 e. The number of benzene rings is 2. The van der Waals surface area contributed by atoms with Crippen molar-refractivity contribution in [3.63, 3.8) is 0 Å². The SMILES string of the molecule is CCCCCCCC(=O)NC(=S)NNC(=O)C(c1ccccc1)c1ccccc1. The van der Waals surface area contributed by atoms with Crippen LogP contribution in [0.3, 0.4) is 0 Å². The van der Waals surface area contributed by atoms with Crippen LogP contribution in [-0.2, 0) is 9.59 Å². The molecule has 0 radical (unpaired) electrons. The molecule has 0 aliphatic heterocycles. The van der Waals surface area contributed by atoms with E-state index in [9.17, 15) is 9.59 Å². The fourth-order valence-electron chi connectivity index (χ4n) is 3.09. The lowest BCUT2D eigenvalue weighted by molar-refractivity contribution is -0.123. The smallest absolute Gasteiger partial charge is 0.250 e. The molecule has 0 fully saturated rings. The first-order valence-corrected chi connectivity index (χ1v) is 10.5. The van der Waals surface area contributed by atoms with E-state index in [0.717, 1.165) is 30.4 Å². The van der Waals surface area contributed by atoms with Crippen LogP contribution in [0.25, 0.3) is 0 Å². The van der Waals surface area contributed by atoms with E-state index in [2.05, 4.69) is 23.1 Å². The van der Waals surface area contributed by atoms with E-state index >= 15 is 0 Å². The van der Waals surface area contributed by atoms with Crippen LogP contribution in [0.4, 0.5) is 0 Å². The number of thiocarbonyl (C=S) groups is 1. The summed E-state index contributed by atoms with van der Waals surface area (Å²) in [5.41, 5.74) is 7.02. The number of unbranched alkanes of at least 4 members (excludes halogenated alkanes) is 4. The molecule has 0 saturated heterocycles. The summed E-state index contributed by atoms with van der Waals surface area (Å²) in [6.07, 6.45) is 5.81. The van der Waals surface area contributed by atoms with Crippen molar-refractivity contribution in [1.29, 1.82) is 0 Å². The zero-order chi connectivity index (χ0) is 20.9. The maximum atomic E-state index is 12.9. The van der Waals surface area contributed by atoms with E-state index in [1.54, 1.807) is 0 Å². The van der Waals surface area contributed by atoms with Crippen LogP contribution in [0.5, 0.6) is 0 Å². The number of amides is 2. The van der Waals surface area contributed by atoms with E-state index in [-0.39, 0.29) is 16.9 Å². The zero-order valence-electron chi connectivity index (χ0n) is 16.8. The molecule has 2 amide bonds. The van der Waals surface area contributed by atoms with Crippen molar-refractivity contribution in [2.45, 2.75) is 51.4 Å². The molecule has 5 nitrogen and oxygen atoms in total. The van der Waals surface area contributed by atoms with E-state index in [0.29, 0.717) is 6.42 Å². The largest absolute Gasteiger partial charge is 0.302 e. The number of hydrogen-bond acceptors (Lipinski definition) is 3. The Balaban J connectivity index is 1.87. The molecule has 2 aromatic rings. The van der Waals surface area contributed by atoms with Crippen molar-refractivity contribution < 1.29 is 9.59 Å². The average molecular weight is 412 g/mol. The number of hydrogen-bond donors (Lipinski definition) is 3. The lowest BCUT2D eigenvalue weighted by atomic mass is 9.91. The molecule has 6 heteroatoms. The molecule has 0 spiro atoms. The van der Waals surface area contributed by atoms with Crippen molar-refractivity contribution in [1.82, 2.24) is 16.2 Å². The Bertz CT molecular complexity index is 742. The van der Waals surface area contributed by atoms with Gasteiger partial charge in [0.1, 0.15) is 0 Å². The highest BCUT2D eigenvalue weighted by molar-refractivity contribution is 7.80. The molecule has 0 saturated carbocycles. The summed E-state index contributed by atoms with van der Waals surface area (Å²) in [5, 5.41) is 2.71. The van der Waals surface area contributed by atoms with E-state index in [4.69, 9.17) is 12.2 Å². The van der Waals surface area contributed by atoms with Crippen LogP contribution in [-0.4, -0.2) is 16.9 Å². The van der Waals surface area contributed by atoms with Crippen molar-refractivity contribution in [2.24, 2.45) is 0 Å². The molecular weight excluding hydrogens is 382 g/mol. The summed E-state index contributed by atoms with van der Waals surface area (Å²) in [5.74, 6) is -0.878. The van der Waals surface area contributed by atoms with Gasteiger partial charge in [0.05, 0.1) is 5.92 Å². The molecule has 2 aromatic carbocycles. The lowest BCUT2D eigenvalue weighted by Crippen LogP contribution is -2.49. The van der Waals surface area contributed by atoms with Crippen LogP contribution in [0.2, 0.25) is 0 Å². The van der Waals surface area contributed by atoms with Gasteiger partial charge in [-0.15, -0.1) is 0 Å². The number of rotatable bonds is 9. The second-order valence-corrected chi connectivity index (χ2v) is 7.32. The second kappa shape index (κ2) is 12.7. The van der Waals surface area contributed by atoms with Gasteiger partial charge in [0.25, 0.3) is 0 Å². The summed E-state index contributed by atoms with van der Waals surface area (Å²) in [7, 11) is 0. The third-order valence-electron chi connectivity index (χ3n) is 4.59. The number of nitrogens with one attached hydrogen (secondary N) is 3. The van der Waals surface area contributed by atoms with Gasteiger partial charge < -0.3 is 5.32 Å². The fourth-order valence-corrected chi connectivity index (χ4v) is 3.25. The Morgan fingerprint density at radius 3 is 1.93 bits per heavy atom. The summed E-state index contributed by atoms with van der Waals surface area (Å²) < 4.78 is 0. The first-order valence-electron chi connectivity index (χ1n) is 10.1. The molecular formula is C23H29N3O2S. The van der Waals surface area contributed by atoms with Gasteiger partial charge in [-0.3, -0.25) is 20.4 Å². The second-order valence-electron chi connectivity index (χ2n) is 6.91. The minimum absolute atomic E-state index is 0.0942. The van der Waals surface area contributed by atoms with Gasteiger partial charge in [-0.05, 0) is 29.8 Å². The normalized spacial score (nSPS) is 10.4. The molecule has 2 rings (SSSR count). The Kier molecular flexibility index (Phi) is 9.86. The highest BCUT2D eigenvalue weighted by Crippen LogP contribution is 2.24. The predicted octanol–water partition coefficient (Wildman–Crippen LogP) is 4.20. The fraction of sp³-hybridized carbons (Fsp3) is 0.348. The standard InChI is InChI=1S/C23H29N3O2S/c1-2-3-4-5-12-17-20(27)24-23(29)26-25-22(28)21(18-13-8-6-9-14-18)19-15-10-7-11-16-19/h6-11,13-16,21H,2-5,12,17H2,1H3,(H,25,28)(H2,24,26,27,29). The Morgan fingerprint density at radius 2 is 1.38 bits per heavy atom.